The number of likely N-dealkylation sites (tertiary alicyclic amines) is 1. The fraction of sp³-hybridized carbons (Fsp3) is 0.333. The van der Waals surface area contributed by atoms with E-state index in [0.717, 1.165) is 11.8 Å². The van der Waals surface area contributed by atoms with Gasteiger partial charge >= 0.3 is 0 Å². The van der Waals surface area contributed by atoms with Gasteiger partial charge in [-0.25, -0.2) is 17.5 Å². The van der Waals surface area contributed by atoms with Crippen molar-refractivity contribution >= 4 is 27.5 Å². The van der Waals surface area contributed by atoms with Crippen LogP contribution in [0.5, 0.6) is 0 Å². The highest BCUT2D eigenvalue weighted by molar-refractivity contribution is 7.88. The molecule has 158 valence electrons. The van der Waals surface area contributed by atoms with Crippen LogP contribution in [0.1, 0.15) is 30.0 Å². The van der Waals surface area contributed by atoms with E-state index in [2.05, 4.69) is 10.0 Å². The van der Waals surface area contributed by atoms with Gasteiger partial charge in [-0.3, -0.25) is 9.59 Å². The van der Waals surface area contributed by atoms with Crippen molar-refractivity contribution in [3.8, 4) is 0 Å². The van der Waals surface area contributed by atoms with E-state index in [1.165, 1.54) is 12.1 Å². The number of fused-ring (bicyclic) bond motifs is 2. The molecule has 0 aromatic heterocycles. The van der Waals surface area contributed by atoms with E-state index in [4.69, 9.17) is 0 Å². The maximum Gasteiger partial charge on any atom is 0.237 e. The molecule has 0 bridgehead atoms. The van der Waals surface area contributed by atoms with Crippen molar-refractivity contribution in [2.45, 2.75) is 24.3 Å². The first-order valence-electron chi connectivity index (χ1n) is 9.63. The van der Waals surface area contributed by atoms with Crippen LogP contribution in [-0.2, 0) is 25.0 Å². The highest BCUT2D eigenvalue weighted by Crippen LogP contribution is 2.54. The Bertz CT molecular complexity index is 1100. The van der Waals surface area contributed by atoms with E-state index < -0.39 is 27.3 Å². The van der Waals surface area contributed by atoms with Crippen LogP contribution < -0.4 is 10.0 Å². The molecule has 2 atom stereocenters. The first kappa shape index (κ1) is 20.5. The average Bonchev–Trinajstić information content (AvgIpc) is 3.21. The van der Waals surface area contributed by atoms with Crippen molar-refractivity contribution < 1.29 is 22.4 Å². The molecule has 1 saturated heterocycles. The minimum Gasteiger partial charge on any atom is -0.334 e. The zero-order chi connectivity index (χ0) is 21.5. The number of hydrogen-bond acceptors (Lipinski definition) is 4. The number of anilines is 1. The lowest BCUT2D eigenvalue weighted by atomic mass is 9.72. The molecule has 0 saturated carbocycles. The zero-order valence-electron chi connectivity index (χ0n) is 16.4. The van der Waals surface area contributed by atoms with E-state index in [9.17, 15) is 22.4 Å². The van der Waals surface area contributed by atoms with Gasteiger partial charge in [0.25, 0.3) is 0 Å². The summed E-state index contributed by atoms with van der Waals surface area (Å²) in [6.07, 6.45) is 1.41. The van der Waals surface area contributed by atoms with Crippen LogP contribution in [0.4, 0.5) is 10.1 Å². The van der Waals surface area contributed by atoms with Crippen molar-refractivity contribution in [3.63, 3.8) is 0 Å². The van der Waals surface area contributed by atoms with Gasteiger partial charge in [-0.2, -0.15) is 0 Å². The second-order valence-corrected chi connectivity index (χ2v) is 9.51. The summed E-state index contributed by atoms with van der Waals surface area (Å²) in [5.41, 5.74) is 1.20. The highest BCUT2D eigenvalue weighted by Gasteiger charge is 2.59. The van der Waals surface area contributed by atoms with E-state index in [-0.39, 0.29) is 24.8 Å². The number of para-hydroxylation sites is 1. The van der Waals surface area contributed by atoms with Gasteiger partial charge in [0.2, 0.25) is 21.8 Å². The lowest BCUT2D eigenvalue weighted by Gasteiger charge is -2.34. The van der Waals surface area contributed by atoms with Crippen molar-refractivity contribution in [2.75, 3.05) is 24.7 Å². The van der Waals surface area contributed by atoms with Crippen molar-refractivity contribution in [3.05, 3.63) is 65.5 Å². The van der Waals surface area contributed by atoms with Gasteiger partial charge in [0.05, 0.1) is 12.3 Å². The van der Waals surface area contributed by atoms with E-state index in [1.807, 2.05) is 24.3 Å². The van der Waals surface area contributed by atoms with Crippen LogP contribution in [0.3, 0.4) is 0 Å². The smallest absolute Gasteiger partial charge is 0.237 e. The van der Waals surface area contributed by atoms with Gasteiger partial charge < -0.3 is 10.2 Å². The third-order valence-corrected chi connectivity index (χ3v) is 6.52. The second-order valence-electron chi connectivity index (χ2n) is 7.68. The lowest BCUT2D eigenvalue weighted by molar-refractivity contribution is -0.133. The molecule has 7 nitrogen and oxygen atoms in total. The Labute approximate surface area is 174 Å². The third-order valence-electron chi connectivity index (χ3n) is 5.80. The number of carbonyl (C=O) groups excluding carboxylic acids is 2. The number of rotatable bonds is 5. The van der Waals surface area contributed by atoms with Crippen LogP contribution >= 0.6 is 0 Å². The van der Waals surface area contributed by atoms with Crippen molar-refractivity contribution in [1.29, 1.82) is 0 Å². The number of hydrogen-bond donors (Lipinski definition) is 2. The highest BCUT2D eigenvalue weighted by atomic mass is 32.2. The van der Waals surface area contributed by atoms with Crippen molar-refractivity contribution in [2.24, 2.45) is 0 Å². The predicted octanol–water partition coefficient (Wildman–Crippen LogP) is 1.93. The molecule has 4 rings (SSSR count). The molecule has 30 heavy (non-hydrogen) atoms. The fourth-order valence-electron chi connectivity index (χ4n) is 4.55. The number of nitrogens with zero attached hydrogens (tertiary/aromatic N) is 1. The third kappa shape index (κ3) is 3.48. The summed E-state index contributed by atoms with van der Waals surface area (Å²) in [5, 5.41) is 2.92. The van der Waals surface area contributed by atoms with Crippen LogP contribution in [-0.4, -0.2) is 44.5 Å². The molecular formula is C21H22FN3O4S. The Hall–Kier alpha value is -2.78. The number of halogens is 1. The van der Waals surface area contributed by atoms with E-state index >= 15 is 0 Å². The normalized spacial score (nSPS) is 22.9. The zero-order valence-corrected chi connectivity index (χ0v) is 17.2. The number of benzene rings is 2. The molecule has 9 heteroatoms. The molecular weight excluding hydrogens is 409 g/mol. The maximum atomic E-state index is 13.6. The summed E-state index contributed by atoms with van der Waals surface area (Å²) in [6, 6.07) is 12.6. The molecule has 0 aliphatic carbocycles. The van der Waals surface area contributed by atoms with Crippen molar-refractivity contribution in [1.82, 2.24) is 9.62 Å². The van der Waals surface area contributed by atoms with Gasteiger partial charge in [0.15, 0.2) is 0 Å². The Morgan fingerprint density at radius 2 is 1.93 bits per heavy atom. The summed E-state index contributed by atoms with van der Waals surface area (Å²) in [4.78, 5) is 27.8. The molecule has 2 N–H and O–H groups in total. The minimum absolute atomic E-state index is 0.0277. The molecule has 2 amide bonds. The van der Waals surface area contributed by atoms with Crippen LogP contribution in [0.25, 0.3) is 0 Å². The standard InChI is InChI=1S/C21H22FN3O4S/c1-30(28,29)23-12-10-18(26)25-13-11-21(19(25)14-6-8-15(22)9-7-14)16-4-2-3-5-17(16)24-20(21)27/h2-9,19,23H,10-13H2,1H3,(H,24,27)/t19-,21+/m0/s1. The molecule has 2 aliphatic rings. The number of nitrogens with one attached hydrogen (secondary N) is 2. The Kier molecular flexibility index (Phi) is 5.11. The van der Waals surface area contributed by atoms with Gasteiger partial charge in [0, 0.05) is 25.2 Å². The predicted molar refractivity (Wildman–Crippen MR) is 110 cm³/mol. The largest absolute Gasteiger partial charge is 0.334 e. The Balaban J connectivity index is 1.73. The van der Waals surface area contributed by atoms with Gasteiger partial charge in [-0.15, -0.1) is 0 Å². The fourth-order valence-corrected chi connectivity index (χ4v) is 5.02. The minimum atomic E-state index is -3.41. The van der Waals surface area contributed by atoms with E-state index in [1.54, 1.807) is 17.0 Å². The summed E-state index contributed by atoms with van der Waals surface area (Å²) < 4.78 is 38.5. The summed E-state index contributed by atoms with van der Waals surface area (Å²) in [5.74, 6) is -0.866. The van der Waals surface area contributed by atoms with E-state index in [0.29, 0.717) is 24.2 Å². The molecule has 1 spiro atoms. The first-order chi connectivity index (χ1) is 14.2. The number of amides is 2. The molecule has 2 aromatic rings. The number of carbonyl (C=O) groups is 2. The van der Waals surface area contributed by atoms with Crippen LogP contribution in [0, 0.1) is 5.82 Å². The molecule has 2 aliphatic heterocycles. The molecule has 0 radical (unpaired) electrons. The molecule has 2 heterocycles. The molecule has 1 fully saturated rings. The first-order valence-corrected chi connectivity index (χ1v) is 11.5. The quantitative estimate of drug-likeness (QED) is 0.756. The summed E-state index contributed by atoms with van der Waals surface area (Å²) in [6.45, 7) is 0.307. The van der Waals surface area contributed by atoms with Gasteiger partial charge in [0.1, 0.15) is 11.2 Å². The summed E-state index contributed by atoms with van der Waals surface area (Å²) >= 11 is 0. The van der Waals surface area contributed by atoms with Gasteiger partial charge in [-0.1, -0.05) is 30.3 Å². The topological polar surface area (TPSA) is 95.6 Å². The second kappa shape index (κ2) is 7.48. The Morgan fingerprint density at radius 3 is 2.63 bits per heavy atom. The molecule has 2 aromatic carbocycles. The van der Waals surface area contributed by atoms with Crippen LogP contribution in [0.15, 0.2) is 48.5 Å². The average molecular weight is 431 g/mol. The monoisotopic (exact) mass is 431 g/mol. The lowest BCUT2D eigenvalue weighted by Crippen LogP contribution is -2.43. The summed E-state index contributed by atoms with van der Waals surface area (Å²) in [7, 11) is -3.41. The molecule has 0 unspecified atom stereocenters. The maximum absolute atomic E-state index is 13.6. The van der Waals surface area contributed by atoms with Gasteiger partial charge in [-0.05, 0) is 35.7 Å². The Morgan fingerprint density at radius 1 is 1.23 bits per heavy atom. The SMILES string of the molecule is CS(=O)(=O)NCCC(=O)N1CC[C@]2(C(=O)Nc3ccccc32)[C@@H]1c1ccc(F)cc1. The number of sulfonamides is 1. The van der Waals surface area contributed by atoms with Crippen LogP contribution in [0.2, 0.25) is 0 Å².